The minimum Gasteiger partial charge on any atom is -0.508 e. The van der Waals surface area contributed by atoms with E-state index >= 15 is 0 Å². The van der Waals surface area contributed by atoms with Gasteiger partial charge in [-0.3, -0.25) is 4.99 Å². The van der Waals surface area contributed by atoms with Gasteiger partial charge in [0.25, 0.3) is 0 Å². The molecule has 1 aromatic heterocycles. The number of aliphatic imine (C=N–C) groups is 1. The largest absolute Gasteiger partial charge is 0.508 e. The molecule has 0 aliphatic heterocycles. The van der Waals surface area contributed by atoms with Gasteiger partial charge in [-0.15, -0.1) is 24.0 Å². The van der Waals surface area contributed by atoms with Crippen LogP contribution in [0.4, 0.5) is 0 Å². The third-order valence-electron chi connectivity index (χ3n) is 4.65. The van der Waals surface area contributed by atoms with Crippen molar-refractivity contribution in [2.24, 2.45) is 4.99 Å². The zero-order chi connectivity index (χ0) is 19.8. The lowest BCUT2D eigenvalue weighted by Crippen LogP contribution is -2.38. The molecule has 0 unspecified atom stereocenters. The number of fused-ring (bicyclic) bond motifs is 1. The highest BCUT2D eigenvalue weighted by atomic mass is 127. The number of phenols is 1. The minimum atomic E-state index is 0. The van der Waals surface area contributed by atoms with Crippen LogP contribution >= 0.6 is 24.0 Å². The zero-order valence-corrected chi connectivity index (χ0v) is 19.2. The molecule has 0 atom stereocenters. The lowest BCUT2D eigenvalue weighted by Gasteiger charge is -2.11. The summed E-state index contributed by atoms with van der Waals surface area (Å²) in [5.74, 6) is 1.68. The molecule has 2 aromatic carbocycles. The molecule has 29 heavy (non-hydrogen) atoms. The first-order valence-electron chi connectivity index (χ1n) is 9.64. The highest BCUT2D eigenvalue weighted by Crippen LogP contribution is 2.23. The number of aromatic hydroxyl groups is 1. The zero-order valence-electron chi connectivity index (χ0n) is 16.9. The molecular weight excluding hydrogens is 479 g/mol. The Labute approximate surface area is 188 Å². The van der Waals surface area contributed by atoms with Crippen LogP contribution in [0.25, 0.3) is 10.9 Å². The average molecular weight is 508 g/mol. The van der Waals surface area contributed by atoms with Crippen molar-refractivity contribution in [3.05, 3.63) is 59.8 Å². The maximum absolute atomic E-state index is 10.1. The molecule has 7 heteroatoms. The number of benzene rings is 2. The number of nitrogens with one attached hydrogen (secondary N) is 3. The van der Waals surface area contributed by atoms with Gasteiger partial charge < -0.3 is 25.5 Å². The number of halogens is 1. The molecule has 0 amide bonds. The molecule has 0 aliphatic rings. The number of methoxy groups -OCH3 is 1. The topological polar surface area (TPSA) is 81.7 Å². The summed E-state index contributed by atoms with van der Waals surface area (Å²) in [6.07, 6.45) is 3.64. The summed E-state index contributed by atoms with van der Waals surface area (Å²) in [4.78, 5) is 7.93. The van der Waals surface area contributed by atoms with E-state index in [1.165, 1.54) is 10.9 Å². The number of rotatable bonds is 8. The first-order chi connectivity index (χ1) is 13.7. The summed E-state index contributed by atoms with van der Waals surface area (Å²) in [6, 6.07) is 13.7. The van der Waals surface area contributed by atoms with Gasteiger partial charge in [-0.2, -0.15) is 0 Å². The van der Waals surface area contributed by atoms with Crippen molar-refractivity contribution in [2.45, 2.75) is 19.8 Å². The summed E-state index contributed by atoms with van der Waals surface area (Å²) in [6.45, 7) is 4.22. The SMILES string of the molecule is CCNC(=NCCc1ccc(OC)cc1O)NCCc1c[nH]c2ccccc12.I. The Balaban J connectivity index is 0.00000300. The summed E-state index contributed by atoms with van der Waals surface area (Å²) in [5, 5.41) is 18.0. The van der Waals surface area contributed by atoms with E-state index in [4.69, 9.17) is 4.74 Å². The fourth-order valence-electron chi connectivity index (χ4n) is 3.17. The normalized spacial score (nSPS) is 11.2. The standard InChI is InChI=1S/C22H28N4O2.HI/c1-3-23-22(24-12-10-16-8-9-18(28-2)14-21(16)27)25-13-11-17-15-26-20-7-5-4-6-19(17)20;/h4-9,14-15,26-27H,3,10-13H2,1-2H3,(H2,23,24,25);1H. The van der Waals surface area contributed by atoms with Gasteiger partial charge in [-0.25, -0.2) is 0 Å². The van der Waals surface area contributed by atoms with E-state index in [2.05, 4.69) is 45.0 Å². The predicted octanol–water partition coefficient (Wildman–Crippen LogP) is 3.84. The molecule has 0 saturated carbocycles. The minimum absolute atomic E-state index is 0. The van der Waals surface area contributed by atoms with Crippen LogP contribution < -0.4 is 15.4 Å². The molecule has 0 spiro atoms. The fraction of sp³-hybridized carbons (Fsp3) is 0.318. The van der Waals surface area contributed by atoms with Gasteiger partial charge in [0.2, 0.25) is 0 Å². The Kier molecular flexibility index (Phi) is 9.11. The van der Waals surface area contributed by atoms with Crippen LogP contribution in [0, 0.1) is 0 Å². The first kappa shape index (κ1) is 22.9. The van der Waals surface area contributed by atoms with E-state index in [1.807, 2.05) is 25.1 Å². The van der Waals surface area contributed by atoms with Crippen LogP contribution in [-0.2, 0) is 12.8 Å². The van der Waals surface area contributed by atoms with E-state index in [0.29, 0.717) is 18.7 Å². The fourth-order valence-corrected chi connectivity index (χ4v) is 3.17. The Bertz CT molecular complexity index is 939. The lowest BCUT2D eigenvalue weighted by molar-refractivity contribution is 0.406. The Morgan fingerprint density at radius 2 is 1.93 bits per heavy atom. The number of hydrogen-bond acceptors (Lipinski definition) is 3. The van der Waals surface area contributed by atoms with Crippen molar-refractivity contribution in [2.75, 3.05) is 26.7 Å². The number of para-hydroxylation sites is 1. The molecule has 0 aliphatic carbocycles. The molecule has 0 saturated heterocycles. The lowest BCUT2D eigenvalue weighted by atomic mass is 10.1. The van der Waals surface area contributed by atoms with Crippen LogP contribution in [0.3, 0.4) is 0 Å². The Morgan fingerprint density at radius 3 is 2.69 bits per heavy atom. The van der Waals surface area contributed by atoms with E-state index in [-0.39, 0.29) is 29.7 Å². The van der Waals surface area contributed by atoms with Gasteiger partial charge in [-0.05, 0) is 43.0 Å². The highest BCUT2D eigenvalue weighted by Gasteiger charge is 2.05. The monoisotopic (exact) mass is 508 g/mol. The van der Waals surface area contributed by atoms with Crippen molar-refractivity contribution in [3.63, 3.8) is 0 Å². The second kappa shape index (κ2) is 11.5. The molecule has 3 rings (SSSR count). The van der Waals surface area contributed by atoms with E-state index in [9.17, 15) is 5.11 Å². The number of aromatic amines is 1. The van der Waals surface area contributed by atoms with Crippen LogP contribution in [0.2, 0.25) is 0 Å². The number of hydrogen-bond donors (Lipinski definition) is 4. The maximum Gasteiger partial charge on any atom is 0.191 e. The van der Waals surface area contributed by atoms with Gasteiger partial charge in [-0.1, -0.05) is 24.3 Å². The van der Waals surface area contributed by atoms with E-state index in [0.717, 1.165) is 36.6 Å². The molecule has 0 radical (unpaired) electrons. The van der Waals surface area contributed by atoms with Gasteiger partial charge in [0.05, 0.1) is 7.11 Å². The first-order valence-corrected chi connectivity index (χ1v) is 9.64. The van der Waals surface area contributed by atoms with Gasteiger partial charge in [0.1, 0.15) is 11.5 Å². The third-order valence-corrected chi connectivity index (χ3v) is 4.65. The van der Waals surface area contributed by atoms with E-state index < -0.39 is 0 Å². The van der Waals surface area contributed by atoms with Crippen LogP contribution in [0.5, 0.6) is 11.5 Å². The second-order valence-electron chi connectivity index (χ2n) is 6.54. The van der Waals surface area contributed by atoms with Crippen molar-refractivity contribution in [1.29, 1.82) is 0 Å². The summed E-state index contributed by atoms with van der Waals surface area (Å²) in [5.41, 5.74) is 3.32. The van der Waals surface area contributed by atoms with Crippen molar-refractivity contribution in [1.82, 2.24) is 15.6 Å². The smallest absolute Gasteiger partial charge is 0.191 e. The number of guanidine groups is 1. The molecule has 1 heterocycles. The van der Waals surface area contributed by atoms with Gasteiger partial charge in [0, 0.05) is 42.8 Å². The molecular formula is C22H29IN4O2. The quantitative estimate of drug-likeness (QED) is 0.212. The summed E-state index contributed by atoms with van der Waals surface area (Å²) >= 11 is 0. The van der Waals surface area contributed by atoms with Crippen LogP contribution in [-0.4, -0.2) is 42.8 Å². The summed E-state index contributed by atoms with van der Waals surface area (Å²) in [7, 11) is 1.59. The van der Waals surface area contributed by atoms with Gasteiger partial charge >= 0.3 is 0 Å². The number of H-pyrrole nitrogens is 1. The van der Waals surface area contributed by atoms with Crippen molar-refractivity contribution >= 4 is 40.8 Å². The number of nitrogens with zero attached hydrogens (tertiary/aromatic N) is 1. The van der Waals surface area contributed by atoms with Crippen molar-refractivity contribution in [3.8, 4) is 11.5 Å². The van der Waals surface area contributed by atoms with E-state index in [1.54, 1.807) is 13.2 Å². The maximum atomic E-state index is 10.1. The highest BCUT2D eigenvalue weighted by molar-refractivity contribution is 14.0. The van der Waals surface area contributed by atoms with Crippen molar-refractivity contribution < 1.29 is 9.84 Å². The van der Waals surface area contributed by atoms with Gasteiger partial charge in [0.15, 0.2) is 5.96 Å². The second-order valence-corrected chi connectivity index (χ2v) is 6.54. The average Bonchev–Trinajstić information content (AvgIpc) is 3.12. The van der Waals surface area contributed by atoms with Crippen LogP contribution in [0.1, 0.15) is 18.1 Å². The molecule has 3 aromatic rings. The molecule has 0 fully saturated rings. The molecule has 0 bridgehead atoms. The Hall–Kier alpha value is -2.42. The molecule has 156 valence electrons. The number of aromatic nitrogens is 1. The third kappa shape index (κ3) is 6.28. The number of phenolic OH excluding ortho intramolecular Hbond substituents is 1. The summed E-state index contributed by atoms with van der Waals surface area (Å²) < 4.78 is 5.12. The predicted molar refractivity (Wildman–Crippen MR) is 130 cm³/mol. The number of ether oxygens (including phenoxy) is 1. The van der Waals surface area contributed by atoms with Crippen LogP contribution in [0.15, 0.2) is 53.7 Å². The molecule has 6 nitrogen and oxygen atoms in total. The molecule has 4 N–H and O–H groups in total. The Morgan fingerprint density at radius 1 is 1.10 bits per heavy atom.